The average molecular weight is 413 g/mol. The summed E-state index contributed by atoms with van der Waals surface area (Å²) in [6.45, 7) is 5.55. The van der Waals surface area contributed by atoms with Gasteiger partial charge in [0.05, 0.1) is 13.2 Å². The lowest BCUT2D eigenvalue weighted by Gasteiger charge is -2.19. The van der Waals surface area contributed by atoms with Crippen LogP contribution in [0.5, 0.6) is 11.5 Å². The van der Waals surface area contributed by atoms with Crippen LogP contribution in [0, 0.1) is 0 Å². The van der Waals surface area contributed by atoms with Gasteiger partial charge in [-0.2, -0.15) is 0 Å². The minimum absolute atomic E-state index is 0.446. The van der Waals surface area contributed by atoms with Crippen molar-refractivity contribution in [3.63, 3.8) is 0 Å². The molecule has 0 atom stereocenters. The van der Waals surface area contributed by atoms with Gasteiger partial charge >= 0.3 is 0 Å². The van der Waals surface area contributed by atoms with E-state index in [1.807, 2.05) is 30.3 Å². The second kappa shape index (κ2) is 12.8. The second-order valence-corrected chi connectivity index (χ2v) is 7.64. The number of aryl methyl sites for hydroxylation is 1. The molecule has 2 rings (SSSR count). The molecule has 4 N–H and O–H groups in total. The second-order valence-electron chi connectivity index (χ2n) is 7.64. The Labute approximate surface area is 180 Å². The number of amides is 1. The third-order valence-electron chi connectivity index (χ3n) is 5.13. The molecule has 30 heavy (non-hydrogen) atoms. The van der Waals surface area contributed by atoms with E-state index in [9.17, 15) is 4.79 Å². The van der Waals surface area contributed by atoms with Crippen LogP contribution in [0.25, 0.3) is 0 Å². The van der Waals surface area contributed by atoms with E-state index in [0.717, 1.165) is 61.8 Å². The number of rotatable bonds is 14. The van der Waals surface area contributed by atoms with Gasteiger partial charge in [-0.3, -0.25) is 4.79 Å². The van der Waals surface area contributed by atoms with E-state index in [-0.39, 0.29) is 0 Å². The van der Waals surface area contributed by atoms with Gasteiger partial charge in [0.1, 0.15) is 0 Å². The van der Waals surface area contributed by atoms with Crippen LogP contribution < -0.4 is 20.9 Å². The van der Waals surface area contributed by atoms with E-state index < -0.39 is 5.91 Å². The summed E-state index contributed by atoms with van der Waals surface area (Å²) in [6, 6.07) is 11.4. The molecule has 0 aromatic heterocycles. The van der Waals surface area contributed by atoms with Crippen molar-refractivity contribution in [1.82, 2.24) is 0 Å². The number of hydrogen-bond donors (Lipinski definition) is 2. The molecular weight excluding hydrogens is 376 g/mol. The molecule has 5 nitrogen and oxygen atoms in total. The lowest BCUT2D eigenvalue weighted by Crippen LogP contribution is -2.16. The zero-order valence-electron chi connectivity index (χ0n) is 18.4. The lowest BCUT2D eigenvalue weighted by molar-refractivity contribution is 0.0998. The standard InChI is InChI=1S/C25H36N2O3/c1-3-5-7-17-29-23-16-15-22(25(27)28)21(24(23)30-18-8-6-4-2)14-11-19-9-12-20(26)13-10-19/h9-10,12-13,15-16H,3-8,11,14,17-18,26H2,1-2H3,(H2,27,28). The van der Waals surface area contributed by atoms with Crippen LogP contribution in [0.1, 0.15) is 73.9 Å². The molecule has 0 spiro atoms. The third-order valence-corrected chi connectivity index (χ3v) is 5.13. The van der Waals surface area contributed by atoms with E-state index in [1.165, 1.54) is 0 Å². The van der Waals surface area contributed by atoms with E-state index in [2.05, 4.69) is 13.8 Å². The van der Waals surface area contributed by atoms with Gasteiger partial charge in [-0.25, -0.2) is 0 Å². The van der Waals surface area contributed by atoms with Crippen molar-refractivity contribution in [2.24, 2.45) is 5.73 Å². The summed E-state index contributed by atoms with van der Waals surface area (Å²) in [5.74, 6) is 0.910. The Morgan fingerprint density at radius 1 is 0.833 bits per heavy atom. The molecule has 5 heteroatoms. The monoisotopic (exact) mass is 412 g/mol. The highest BCUT2D eigenvalue weighted by atomic mass is 16.5. The molecule has 0 saturated heterocycles. The first kappa shape index (κ1) is 23.6. The first-order chi connectivity index (χ1) is 14.6. The number of nitrogen functional groups attached to an aromatic ring is 1. The predicted molar refractivity (Wildman–Crippen MR) is 123 cm³/mol. The number of ether oxygens (including phenoxy) is 2. The van der Waals surface area contributed by atoms with Crippen LogP contribution in [-0.2, 0) is 12.8 Å². The fraction of sp³-hybridized carbons (Fsp3) is 0.480. The number of carbonyl (C=O) groups is 1. The molecule has 0 aliphatic heterocycles. The van der Waals surface area contributed by atoms with Crippen molar-refractivity contribution in [3.05, 3.63) is 53.1 Å². The van der Waals surface area contributed by atoms with Crippen LogP contribution in [0.4, 0.5) is 5.69 Å². The van der Waals surface area contributed by atoms with Crippen LogP contribution in [0.3, 0.4) is 0 Å². The number of anilines is 1. The predicted octanol–water partition coefficient (Wildman–Crippen LogP) is 5.29. The maximum atomic E-state index is 12.1. The van der Waals surface area contributed by atoms with E-state index >= 15 is 0 Å². The van der Waals surface area contributed by atoms with Gasteiger partial charge in [-0.05, 0) is 55.5 Å². The van der Waals surface area contributed by atoms with Crippen molar-refractivity contribution in [3.8, 4) is 11.5 Å². The Morgan fingerprint density at radius 3 is 2.07 bits per heavy atom. The third kappa shape index (κ3) is 7.29. The van der Waals surface area contributed by atoms with Crippen molar-refractivity contribution < 1.29 is 14.3 Å². The quantitative estimate of drug-likeness (QED) is 0.326. The van der Waals surface area contributed by atoms with Gasteiger partial charge in [0, 0.05) is 16.8 Å². The molecule has 0 heterocycles. The Balaban J connectivity index is 2.28. The lowest BCUT2D eigenvalue weighted by atomic mass is 9.97. The highest BCUT2D eigenvalue weighted by molar-refractivity contribution is 5.95. The Hall–Kier alpha value is -2.69. The van der Waals surface area contributed by atoms with Crippen molar-refractivity contribution in [2.45, 2.75) is 65.2 Å². The summed E-state index contributed by atoms with van der Waals surface area (Å²) >= 11 is 0. The van der Waals surface area contributed by atoms with Gasteiger partial charge in [-0.15, -0.1) is 0 Å². The van der Waals surface area contributed by atoms with E-state index in [0.29, 0.717) is 36.7 Å². The van der Waals surface area contributed by atoms with Crippen molar-refractivity contribution in [1.29, 1.82) is 0 Å². The Bertz CT molecular complexity index is 788. The number of nitrogens with two attached hydrogens (primary N) is 2. The average Bonchev–Trinajstić information content (AvgIpc) is 2.74. The minimum atomic E-state index is -0.446. The Kier molecular flexibility index (Phi) is 10.1. The molecule has 2 aromatic rings. The number of carbonyl (C=O) groups excluding carboxylic acids is 1. The summed E-state index contributed by atoms with van der Waals surface area (Å²) in [6.07, 6.45) is 7.82. The van der Waals surface area contributed by atoms with Gasteiger partial charge in [0.2, 0.25) is 5.91 Å². The highest BCUT2D eigenvalue weighted by Crippen LogP contribution is 2.35. The molecule has 0 radical (unpaired) electrons. The van der Waals surface area contributed by atoms with Crippen molar-refractivity contribution in [2.75, 3.05) is 18.9 Å². The molecule has 0 saturated carbocycles. The maximum absolute atomic E-state index is 12.1. The van der Waals surface area contributed by atoms with Gasteiger partial charge in [0.25, 0.3) is 0 Å². The van der Waals surface area contributed by atoms with Gasteiger partial charge < -0.3 is 20.9 Å². The molecule has 0 bridgehead atoms. The van der Waals surface area contributed by atoms with Crippen LogP contribution in [0.15, 0.2) is 36.4 Å². The molecule has 164 valence electrons. The molecule has 0 fully saturated rings. The number of unbranched alkanes of at least 4 members (excludes halogenated alkanes) is 4. The fourth-order valence-corrected chi connectivity index (χ4v) is 3.37. The van der Waals surface area contributed by atoms with Crippen LogP contribution in [0.2, 0.25) is 0 Å². The van der Waals surface area contributed by atoms with Crippen LogP contribution in [-0.4, -0.2) is 19.1 Å². The first-order valence-electron chi connectivity index (χ1n) is 11.1. The SMILES string of the molecule is CCCCCOc1ccc(C(N)=O)c(CCc2ccc(N)cc2)c1OCCCCC. The number of primary amides is 1. The summed E-state index contributed by atoms with van der Waals surface area (Å²) in [7, 11) is 0. The van der Waals surface area contributed by atoms with Gasteiger partial charge in [-0.1, -0.05) is 51.7 Å². The molecule has 1 amide bonds. The van der Waals surface area contributed by atoms with Gasteiger partial charge in [0.15, 0.2) is 11.5 Å². The van der Waals surface area contributed by atoms with E-state index in [4.69, 9.17) is 20.9 Å². The summed E-state index contributed by atoms with van der Waals surface area (Å²) in [4.78, 5) is 12.1. The van der Waals surface area contributed by atoms with E-state index in [1.54, 1.807) is 6.07 Å². The maximum Gasteiger partial charge on any atom is 0.249 e. The molecule has 0 aliphatic carbocycles. The molecular formula is C25H36N2O3. The number of benzene rings is 2. The zero-order valence-corrected chi connectivity index (χ0v) is 18.4. The Morgan fingerprint density at radius 2 is 1.47 bits per heavy atom. The minimum Gasteiger partial charge on any atom is -0.490 e. The fourth-order valence-electron chi connectivity index (χ4n) is 3.37. The van der Waals surface area contributed by atoms with Crippen LogP contribution >= 0.6 is 0 Å². The number of hydrogen-bond acceptors (Lipinski definition) is 4. The molecule has 2 aromatic carbocycles. The first-order valence-corrected chi connectivity index (χ1v) is 11.1. The highest BCUT2D eigenvalue weighted by Gasteiger charge is 2.19. The van der Waals surface area contributed by atoms with Crippen molar-refractivity contribution >= 4 is 11.6 Å². The summed E-state index contributed by atoms with van der Waals surface area (Å²) < 4.78 is 12.2. The smallest absolute Gasteiger partial charge is 0.249 e. The summed E-state index contributed by atoms with van der Waals surface area (Å²) in [5.41, 5.74) is 14.7. The molecule has 0 unspecified atom stereocenters. The normalized spacial score (nSPS) is 10.7. The largest absolute Gasteiger partial charge is 0.490 e. The topological polar surface area (TPSA) is 87.6 Å². The molecule has 0 aliphatic rings. The zero-order chi connectivity index (χ0) is 21.8. The summed E-state index contributed by atoms with van der Waals surface area (Å²) in [5, 5.41) is 0.